The van der Waals surface area contributed by atoms with Crippen LogP contribution in [-0.4, -0.2) is 13.1 Å². The van der Waals surface area contributed by atoms with Crippen molar-refractivity contribution in [3.05, 3.63) is 35.4 Å². The Balaban J connectivity index is 0.00000144. The molecule has 0 spiro atoms. The summed E-state index contributed by atoms with van der Waals surface area (Å²) in [6.45, 7) is 4.05. The molecular formula is C14H19ClN2. The summed E-state index contributed by atoms with van der Waals surface area (Å²) in [5.74, 6) is 0. The second-order valence-electron chi connectivity index (χ2n) is 4.81. The van der Waals surface area contributed by atoms with Crippen LogP contribution in [0.5, 0.6) is 0 Å². The quantitative estimate of drug-likeness (QED) is 0.876. The topological polar surface area (TPSA) is 35.8 Å². The number of nitriles is 1. The summed E-state index contributed by atoms with van der Waals surface area (Å²) in [6, 6.07) is 11.1. The van der Waals surface area contributed by atoms with Crippen molar-refractivity contribution in [1.82, 2.24) is 5.32 Å². The van der Waals surface area contributed by atoms with Gasteiger partial charge in [0.1, 0.15) is 0 Å². The number of aryl methyl sites for hydroxylation is 1. The number of piperidine rings is 1. The predicted octanol–water partition coefficient (Wildman–Crippen LogP) is 2.85. The molecule has 1 saturated heterocycles. The lowest BCUT2D eigenvalue weighted by Gasteiger charge is -2.31. The minimum absolute atomic E-state index is 0. The Morgan fingerprint density at radius 1 is 1.35 bits per heavy atom. The summed E-state index contributed by atoms with van der Waals surface area (Å²) in [7, 11) is 0. The molecule has 92 valence electrons. The predicted molar refractivity (Wildman–Crippen MR) is 72.3 cm³/mol. The fourth-order valence-corrected chi connectivity index (χ4v) is 2.45. The van der Waals surface area contributed by atoms with Gasteiger partial charge >= 0.3 is 0 Å². The van der Waals surface area contributed by atoms with Crippen LogP contribution in [0.25, 0.3) is 0 Å². The highest BCUT2D eigenvalue weighted by Crippen LogP contribution is 2.32. The largest absolute Gasteiger partial charge is 0.317 e. The summed E-state index contributed by atoms with van der Waals surface area (Å²) in [6.07, 6.45) is 2.84. The van der Waals surface area contributed by atoms with Crippen LogP contribution in [0.15, 0.2) is 24.3 Å². The average molecular weight is 251 g/mol. The molecule has 0 unspecified atom stereocenters. The SMILES string of the molecule is Cc1cccc(CC2(C#N)CCNCC2)c1.Cl. The van der Waals surface area contributed by atoms with Gasteiger partial charge in [-0.25, -0.2) is 0 Å². The van der Waals surface area contributed by atoms with Crippen LogP contribution in [0, 0.1) is 23.7 Å². The molecule has 1 N–H and O–H groups in total. The van der Waals surface area contributed by atoms with Crippen LogP contribution in [0.3, 0.4) is 0 Å². The van der Waals surface area contributed by atoms with E-state index >= 15 is 0 Å². The monoisotopic (exact) mass is 250 g/mol. The minimum atomic E-state index is -0.140. The van der Waals surface area contributed by atoms with Crippen molar-refractivity contribution in [3.63, 3.8) is 0 Å². The molecule has 0 bridgehead atoms. The second-order valence-corrected chi connectivity index (χ2v) is 4.81. The fourth-order valence-electron chi connectivity index (χ4n) is 2.45. The van der Waals surface area contributed by atoms with E-state index in [0.29, 0.717) is 0 Å². The first-order valence-electron chi connectivity index (χ1n) is 5.92. The van der Waals surface area contributed by atoms with Gasteiger partial charge in [-0.05, 0) is 44.8 Å². The van der Waals surface area contributed by atoms with Gasteiger partial charge in [-0.15, -0.1) is 12.4 Å². The van der Waals surface area contributed by atoms with E-state index < -0.39 is 0 Å². The molecule has 17 heavy (non-hydrogen) atoms. The van der Waals surface area contributed by atoms with E-state index in [0.717, 1.165) is 32.4 Å². The molecule has 3 heteroatoms. The van der Waals surface area contributed by atoms with Crippen LogP contribution < -0.4 is 5.32 Å². The first kappa shape index (κ1) is 14.0. The van der Waals surface area contributed by atoms with Gasteiger partial charge in [0.25, 0.3) is 0 Å². The highest BCUT2D eigenvalue weighted by Gasteiger charge is 2.31. The average Bonchev–Trinajstić information content (AvgIpc) is 2.30. The van der Waals surface area contributed by atoms with Crippen molar-refractivity contribution in [3.8, 4) is 6.07 Å². The molecule has 2 rings (SSSR count). The Bertz CT molecular complexity index is 403. The van der Waals surface area contributed by atoms with Gasteiger partial charge in [-0.2, -0.15) is 5.26 Å². The van der Waals surface area contributed by atoms with Crippen LogP contribution in [0.4, 0.5) is 0 Å². The van der Waals surface area contributed by atoms with Gasteiger partial charge in [-0.3, -0.25) is 0 Å². The molecule has 0 aliphatic carbocycles. The molecule has 1 aliphatic heterocycles. The van der Waals surface area contributed by atoms with Crippen molar-refractivity contribution >= 4 is 12.4 Å². The van der Waals surface area contributed by atoms with Crippen molar-refractivity contribution < 1.29 is 0 Å². The van der Waals surface area contributed by atoms with Gasteiger partial charge in [0.15, 0.2) is 0 Å². The number of nitrogens with zero attached hydrogens (tertiary/aromatic N) is 1. The smallest absolute Gasteiger partial charge is 0.0694 e. The number of hydrogen-bond donors (Lipinski definition) is 1. The van der Waals surface area contributed by atoms with E-state index in [1.54, 1.807) is 0 Å². The lowest BCUT2D eigenvalue weighted by molar-refractivity contribution is 0.280. The summed E-state index contributed by atoms with van der Waals surface area (Å²) in [5, 5.41) is 12.7. The van der Waals surface area contributed by atoms with Crippen molar-refractivity contribution in [1.29, 1.82) is 5.26 Å². The van der Waals surface area contributed by atoms with Crippen LogP contribution in [0.2, 0.25) is 0 Å². The first-order valence-corrected chi connectivity index (χ1v) is 5.92. The van der Waals surface area contributed by atoms with Crippen LogP contribution in [-0.2, 0) is 6.42 Å². The van der Waals surface area contributed by atoms with E-state index in [9.17, 15) is 5.26 Å². The minimum Gasteiger partial charge on any atom is -0.317 e. The van der Waals surface area contributed by atoms with E-state index in [1.807, 2.05) is 0 Å². The number of nitrogens with one attached hydrogen (secondary N) is 1. The second kappa shape index (κ2) is 6.05. The van der Waals surface area contributed by atoms with E-state index in [4.69, 9.17) is 0 Å². The summed E-state index contributed by atoms with van der Waals surface area (Å²) < 4.78 is 0. The third kappa shape index (κ3) is 3.46. The van der Waals surface area contributed by atoms with Crippen molar-refractivity contribution in [2.24, 2.45) is 5.41 Å². The molecule has 1 fully saturated rings. The van der Waals surface area contributed by atoms with Gasteiger partial charge in [0.2, 0.25) is 0 Å². The zero-order valence-corrected chi connectivity index (χ0v) is 11.0. The van der Waals surface area contributed by atoms with E-state index in [-0.39, 0.29) is 17.8 Å². The highest BCUT2D eigenvalue weighted by atomic mass is 35.5. The van der Waals surface area contributed by atoms with Gasteiger partial charge in [-0.1, -0.05) is 29.8 Å². The maximum Gasteiger partial charge on any atom is 0.0694 e. The lowest BCUT2D eigenvalue weighted by atomic mass is 9.75. The molecule has 2 nitrogen and oxygen atoms in total. The molecule has 1 aromatic rings. The van der Waals surface area contributed by atoms with Gasteiger partial charge in [0, 0.05) is 0 Å². The molecule has 0 aromatic heterocycles. The molecule has 1 heterocycles. The van der Waals surface area contributed by atoms with Gasteiger partial charge < -0.3 is 5.32 Å². The van der Waals surface area contributed by atoms with E-state index in [2.05, 4.69) is 42.6 Å². The summed E-state index contributed by atoms with van der Waals surface area (Å²) in [4.78, 5) is 0. The number of halogens is 1. The zero-order valence-electron chi connectivity index (χ0n) is 10.2. The normalized spacial score (nSPS) is 17.9. The lowest BCUT2D eigenvalue weighted by Crippen LogP contribution is -2.37. The molecule has 0 amide bonds. The number of hydrogen-bond acceptors (Lipinski definition) is 2. The Morgan fingerprint density at radius 2 is 2.06 bits per heavy atom. The molecular weight excluding hydrogens is 232 g/mol. The first-order chi connectivity index (χ1) is 7.74. The van der Waals surface area contributed by atoms with E-state index in [1.165, 1.54) is 11.1 Å². The van der Waals surface area contributed by atoms with Gasteiger partial charge in [0.05, 0.1) is 11.5 Å². The highest BCUT2D eigenvalue weighted by molar-refractivity contribution is 5.85. The molecule has 1 aliphatic rings. The molecule has 0 saturated carbocycles. The number of rotatable bonds is 2. The van der Waals surface area contributed by atoms with Crippen molar-refractivity contribution in [2.45, 2.75) is 26.2 Å². The van der Waals surface area contributed by atoms with Crippen LogP contribution in [0.1, 0.15) is 24.0 Å². The maximum atomic E-state index is 9.39. The zero-order chi connectivity index (χ0) is 11.4. The molecule has 0 atom stereocenters. The Hall–Kier alpha value is -1.04. The third-order valence-electron chi connectivity index (χ3n) is 3.42. The summed E-state index contributed by atoms with van der Waals surface area (Å²) in [5.41, 5.74) is 2.43. The summed E-state index contributed by atoms with van der Waals surface area (Å²) >= 11 is 0. The molecule has 1 aromatic carbocycles. The Labute approximate surface area is 109 Å². The fraction of sp³-hybridized carbons (Fsp3) is 0.500. The molecule has 0 radical (unpaired) electrons. The van der Waals surface area contributed by atoms with Crippen LogP contribution >= 0.6 is 12.4 Å². The number of benzene rings is 1. The standard InChI is InChI=1S/C14H18N2.ClH/c1-12-3-2-4-13(9-12)10-14(11-15)5-7-16-8-6-14;/h2-4,9,16H,5-8,10H2,1H3;1H. The van der Waals surface area contributed by atoms with Crippen molar-refractivity contribution in [2.75, 3.05) is 13.1 Å². The maximum absolute atomic E-state index is 9.39. The Morgan fingerprint density at radius 3 is 2.65 bits per heavy atom. The Kier molecular flexibility index (Phi) is 4.99. The third-order valence-corrected chi connectivity index (χ3v) is 3.42.